The van der Waals surface area contributed by atoms with Crippen molar-refractivity contribution in [2.75, 3.05) is 10.5 Å². The molecule has 3 N–H and O–H groups in total. The smallest absolute Gasteiger partial charge is 0.261 e. The zero-order chi connectivity index (χ0) is 21.5. The minimum atomic E-state index is -3.88. The van der Waals surface area contributed by atoms with Crippen molar-refractivity contribution >= 4 is 49.9 Å². The molecule has 0 aliphatic carbocycles. The first-order valence-corrected chi connectivity index (χ1v) is 10.5. The molecule has 0 bridgehead atoms. The largest absolute Gasteiger partial charge is 0.383 e. The van der Waals surface area contributed by atoms with Gasteiger partial charge in [0.05, 0.1) is 27.7 Å². The molecule has 0 amide bonds. The Labute approximate surface area is 176 Å². The molecular formula is C19H15ClN6O3S. The van der Waals surface area contributed by atoms with Crippen LogP contribution in [0.4, 0.5) is 11.5 Å². The van der Waals surface area contributed by atoms with Gasteiger partial charge in [-0.2, -0.15) is 0 Å². The van der Waals surface area contributed by atoms with Crippen LogP contribution in [0.3, 0.4) is 0 Å². The normalized spacial score (nSPS) is 11.5. The summed E-state index contributed by atoms with van der Waals surface area (Å²) in [4.78, 5) is 25.2. The molecule has 3 aromatic heterocycles. The number of nitrogens with one attached hydrogen (secondary N) is 1. The Morgan fingerprint density at radius 2 is 1.90 bits per heavy atom. The highest BCUT2D eigenvalue weighted by molar-refractivity contribution is 7.92. The van der Waals surface area contributed by atoms with Crippen LogP contribution in [-0.4, -0.2) is 33.7 Å². The minimum Gasteiger partial charge on any atom is -0.383 e. The van der Waals surface area contributed by atoms with Gasteiger partial charge < -0.3 is 10.3 Å². The SMILES string of the molecule is Cn1cc(C(=O)c2cncc(NS(=O)(=O)c3ccc(Cl)cc3)c2)c2c(N)ncnc21. The van der Waals surface area contributed by atoms with Gasteiger partial charge in [0.15, 0.2) is 5.78 Å². The van der Waals surface area contributed by atoms with Crippen molar-refractivity contribution in [1.82, 2.24) is 19.5 Å². The summed E-state index contributed by atoms with van der Waals surface area (Å²) in [6.45, 7) is 0. The molecule has 11 heteroatoms. The first-order valence-electron chi connectivity index (χ1n) is 8.60. The lowest BCUT2D eigenvalue weighted by molar-refractivity contribution is 0.103. The number of hydrogen-bond donors (Lipinski definition) is 2. The van der Waals surface area contributed by atoms with E-state index in [1.54, 1.807) is 17.8 Å². The zero-order valence-electron chi connectivity index (χ0n) is 15.6. The van der Waals surface area contributed by atoms with Crippen molar-refractivity contribution in [3.05, 3.63) is 71.4 Å². The minimum absolute atomic E-state index is 0.0302. The number of rotatable bonds is 5. The number of anilines is 2. The lowest BCUT2D eigenvalue weighted by Crippen LogP contribution is -2.13. The van der Waals surface area contributed by atoms with Crippen LogP contribution < -0.4 is 10.5 Å². The third-order valence-electron chi connectivity index (χ3n) is 4.40. The van der Waals surface area contributed by atoms with E-state index >= 15 is 0 Å². The van der Waals surface area contributed by atoms with Crippen molar-refractivity contribution < 1.29 is 13.2 Å². The standard InChI is InChI=1S/C19H15ClN6O3S/c1-26-9-15(16-18(21)23-10-24-19(16)26)17(27)11-6-13(8-22-7-11)25-30(28,29)14-4-2-12(20)3-5-14/h2-10,25H,1H3,(H2,21,23,24). The van der Waals surface area contributed by atoms with Crippen LogP contribution in [0.15, 0.2) is 60.1 Å². The van der Waals surface area contributed by atoms with Crippen molar-refractivity contribution in [2.45, 2.75) is 4.90 Å². The van der Waals surface area contributed by atoms with E-state index < -0.39 is 10.0 Å². The molecule has 0 aliphatic rings. The Morgan fingerprint density at radius 3 is 2.63 bits per heavy atom. The first kappa shape index (κ1) is 19.8. The second-order valence-corrected chi connectivity index (χ2v) is 8.58. The lowest BCUT2D eigenvalue weighted by atomic mass is 10.1. The number of halogens is 1. The molecule has 9 nitrogen and oxygen atoms in total. The van der Waals surface area contributed by atoms with E-state index in [0.29, 0.717) is 21.6 Å². The van der Waals surface area contributed by atoms with E-state index in [1.165, 1.54) is 49.1 Å². The highest BCUT2D eigenvalue weighted by Crippen LogP contribution is 2.26. The monoisotopic (exact) mass is 442 g/mol. The second-order valence-electron chi connectivity index (χ2n) is 6.46. The van der Waals surface area contributed by atoms with Crippen molar-refractivity contribution in [1.29, 1.82) is 0 Å². The molecule has 0 aliphatic heterocycles. The number of aromatic nitrogens is 4. The number of pyridine rings is 1. The fourth-order valence-electron chi connectivity index (χ4n) is 3.01. The molecule has 0 unspecified atom stereocenters. The van der Waals surface area contributed by atoms with Crippen molar-refractivity contribution in [2.24, 2.45) is 7.05 Å². The average Bonchev–Trinajstić information content (AvgIpc) is 3.05. The fraction of sp³-hybridized carbons (Fsp3) is 0.0526. The molecule has 0 spiro atoms. The van der Waals surface area contributed by atoms with Gasteiger partial charge in [0.25, 0.3) is 10.0 Å². The molecule has 0 atom stereocenters. The predicted octanol–water partition coefficient (Wildman–Crippen LogP) is 2.63. The van der Waals surface area contributed by atoms with Crippen LogP contribution in [-0.2, 0) is 17.1 Å². The number of fused-ring (bicyclic) bond motifs is 1. The van der Waals surface area contributed by atoms with E-state index in [1.807, 2.05) is 0 Å². The molecular weight excluding hydrogens is 428 g/mol. The van der Waals surface area contributed by atoms with E-state index in [2.05, 4.69) is 19.7 Å². The Bertz CT molecular complexity index is 1380. The lowest BCUT2D eigenvalue weighted by Gasteiger charge is -2.09. The summed E-state index contributed by atoms with van der Waals surface area (Å²) >= 11 is 5.81. The zero-order valence-corrected chi connectivity index (χ0v) is 17.1. The summed E-state index contributed by atoms with van der Waals surface area (Å²) in [6.07, 6.45) is 5.58. The number of benzene rings is 1. The van der Waals surface area contributed by atoms with E-state index in [9.17, 15) is 13.2 Å². The van der Waals surface area contributed by atoms with Gasteiger partial charge >= 0.3 is 0 Å². The summed E-state index contributed by atoms with van der Waals surface area (Å²) in [6, 6.07) is 7.11. The Hall–Kier alpha value is -3.50. The molecule has 0 fully saturated rings. The van der Waals surface area contributed by atoms with Gasteiger partial charge in [-0.05, 0) is 30.3 Å². The van der Waals surface area contributed by atoms with Gasteiger partial charge in [-0.1, -0.05) is 11.6 Å². The molecule has 152 valence electrons. The number of sulfonamides is 1. The number of aryl methyl sites for hydroxylation is 1. The third kappa shape index (κ3) is 3.58. The van der Waals surface area contributed by atoms with E-state index in [0.717, 1.165) is 0 Å². The molecule has 30 heavy (non-hydrogen) atoms. The number of carbonyl (C=O) groups excluding carboxylic acids is 1. The maximum absolute atomic E-state index is 13.1. The number of hydrogen-bond acceptors (Lipinski definition) is 7. The molecule has 0 saturated carbocycles. The molecule has 0 radical (unpaired) electrons. The molecule has 3 heterocycles. The van der Waals surface area contributed by atoms with Crippen LogP contribution >= 0.6 is 11.6 Å². The van der Waals surface area contributed by atoms with Crippen LogP contribution in [0.5, 0.6) is 0 Å². The van der Waals surface area contributed by atoms with Crippen LogP contribution in [0.2, 0.25) is 5.02 Å². The van der Waals surface area contributed by atoms with Gasteiger partial charge in [0.1, 0.15) is 17.8 Å². The number of nitrogens with zero attached hydrogens (tertiary/aromatic N) is 4. The van der Waals surface area contributed by atoms with Gasteiger partial charge in [-0.3, -0.25) is 14.5 Å². The quantitative estimate of drug-likeness (QED) is 0.454. The van der Waals surface area contributed by atoms with Crippen molar-refractivity contribution in [3.63, 3.8) is 0 Å². The summed E-state index contributed by atoms with van der Waals surface area (Å²) in [5.41, 5.74) is 7.07. The molecule has 4 aromatic rings. The van der Waals surface area contributed by atoms with Crippen LogP contribution in [0.1, 0.15) is 15.9 Å². The second kappa shape index (κ2) is 7.39. The highest BCUT2D eigenvalue weighted by Gasteiger charge is 2.21. The predicted molar refractivity (Wildman–Crippen MR) is 113 cm³/mol. The Balaban J connectivity index is 1.69. The number of nitrogen functional groups attached to an aromatic ring is 1. The summed E-state index contributed by atoms with van der Waals surface area (Å²) in [7, 11) is -2.14. The van der Waals surface area contributed by atoms with Crippen LogP contribution in [0.25, 0.3) is 11.0 Å². The summed E-state index contributed by atoms with van der Waals surface area (Å²) in [5, 5.41) is 0.846. The Morgan fingerprint density at radius 1 is 1.17 bits per heavy atom. The number of ketones is 1. The molecule has 4 rings (SSSR count). The third-order valence-corrected chi connectivity index (χ3v) is 6.05. The van der Waals surface area contributed by atoms with Gasteiger partial charge in [0, 0.05) is 30.0 Å². The van der Waals surface area contributed by atoms with Gasteiger partial charge in [-0.25, -0.2) is 18.4 Å². The maximum atomic E-state index is 13.1. The summed E-state index contributed by atoms with van der Waals surface area (Å²) < 4.78 is 29.2. The summed E-state index contributed by atoms with van der Waals surface area (Å²) in [5.74, 6) is -0.210. The van der Waals surface area contributed by atoms with Gasteiger partial charge in [-0.15, -0.1) is 0 Å². The van der Waals surface area contributed by atoms with Gasteiger partial charge in [0.2, 0.25) is 0 Å². The van der Waals surface area contributed by atoms with Crippen molar-refractivity contribution in [3.8, 4) is 0 Å². The molecule has 1 aromatic carbocycles. The average molecular weight is 443 g/mol. The van der Waals surface area contributed by atoms with Crippen LogP contribution in [0, 0.1) is 0 Å². The number of carbonyl (C=O) groups is 1. The van der Waals surface area contributed by atoms with E-state index in [-0.39, 0.29) is 27.7 Å². The number of nitrogens with two attached hydrogens (primary N) is 1. The highest BCUT2D eigenvalue weighted by atomic mass is 35.5. The fourth-order valence-corrected chi connectivity index (χ4v) is 4.17. The first-order chi connectivity index (χ1) is 14.3. The molecule has 0 saturated heterocycles. The van der Waals surface area contributed by atoms with E-state index in [4.69, 9.17) is 17.3 Å². The Kier molecular flexibility index (Phi) is 4.88. The topological polar surface area (TPSA) is 133 Å². The maximum Gasteiger partial charge on any atom is 0.261 e.